The van der Waals surface area contributed by atoms with Crippen LogP contribution in [-0.2, 0) is 6.54 Å². The Balaban J connectivity index is 2.30. The molecule has 0 aliphatic carbocycles. The molecule has 0 saturated heterocycles. The molecular weight excluding hydrogens is 192 g/mol. The van der Waals surface area contributed by atoms with Crippen molar-refractivity contribution in [1.82, 2.24) is 9.88 Å². The number of benzene rings is 1. The summed E-state index contributed by atoms with van der Waals surface area (Å²) < 4.78 is 5.38. The summed E-state index contributed by atoms with van der Waals surface area (Å²) in [6.45, 7) is 2.59. The van der Waals surface area contributed by atoms with Crippen molar-refractivity contribution in [1.29, 1.82) is 0 Å². The van der Waals surface area contributed by atoms with Gasteiger partial charge < -0.3 is 9.52 Å². The van der Waals surface area contributed by atoms with Gasteiger partial charge in [0.05, 0.1) is 6.73 Å². The SMILES string of the molecule is Cc1nc2cc(CN(C)CO)ccc2o1. The molecule has 4 heteroatoms. The molecule has 0 amide bonds. The summed E-state index contributed by atoms with van der Waals surface area (Å²) in [6, 6.07) is 5.88. The summed E-state index contributed by atoms with van der Waals surface area (Å²) >= 11 is 0. The van der Waals surface area contributed by atoms with Crippen molar-refractivity contribution in [3.63, 3.8) is 0 Å². The van der Waals surface area contributed by atoms with E-state index in [-0.39, 0.29) is 6.73 Å². The van der Waals surface area contributed by atoms with Gasteiger partial charge >= 0.3 is 0 Å². The molecule has 0 fully saturated rings. The van der Waals surface area contributed by atoms with Gasteiger partial charge in [-0.2, -0.15) is 0 Å². The lowest BCUT2D eigenvalue weighted by atomic mass is 10.2. The van der Waals surface area contributed by atoms with E-state index < -0.39 is 0 Å². The number of hydrogen-bond acceptors (Lipinski definition) is 4. The number of hydrogen-bond donors (Lipinski definition) is 1. The highest BCUT2D eigenvalue weighted by atomic mass is 16.3. The Kier molecular flexibility index (Phi) is 2.70. The summed E-state index contributed by atoms with van der Waals surface area (Å²) in [5.74, 6) is 0.678. The Morgan fingerprint density at radius 2 is 2.27 bits per heavy atom. The summed E-state index contributed by atoms with van der Waals surface area (Å²) in [7, 11) is 1.86. The van der Waals surface area contributed by atoms with Crippen molar-refractivity contribution < 1.29 is 9.52 Å². The Labute approximate surface area is 88.1 Å². The van der Waals surface area contributed by atoms with Crippen LogP contribution < -0.4 is 0 Å². The molecule has 0 bridgehead atoms. The molecule has 0 atom stereocenters. The van der Waals surface area contributed by atoms with Crippen molar-refractivity contribution in [3.05, 3.63) is 29.7 Å². The number of aryl methyl sites for hydroxylation is 1. The molecule has 80 valence electrons. The number of oxazole rings is 1. The highest BCUT2D eigenvalue weighted by Gasteiger charge is 2.04. The maximum Gasteiger partial charge on any atom is 0.192 e. The molecule has 1 heterocycles. The third-order valence-electron chi connectivity index (χ3n) is 2.25. The summed E-state index contributed by atoms with van der Waals surface area (Å²) in [4.78, 5) is 6.07. The van der Waals surface area contributed by atoms with Crippen LogP contribution in [0.1, 0.15) is 11.5 Å². The number of aliphatic hydroxyl groups excluding tert-OH is 1. The van der Waals surface area contributed by atoms with Gasteiger partial charge in [0.25, 0.3) is 0 Å². The lowest BCUT2D eigenvalue weighted by molar-refractivity contribution is 0.127. The van der Waals surface area contributed by atoms with Crippen molar-refractivity contribution in [2.75, 3.05) is 13.8 Å². The molecule has 1 N–H and O–H groups in total. The fraction of sp³-hybridized carbons (Fsp3) is 0.364. The minimum Gasteiger partial charge on any atom is -0.441 e. The topological polar surface area (TPSA) is 49.5 Å². The number of nitrogens with zero attached hydrogens (tertiary/aromatic N) is 2. The Morgan fingerprint density at radius 3 is 3.00 bits per heavy atom. The van der Waals surface area contributed by atoms with E-state index in [4.69, 9.17) is 9.52 Å². The quantitative estimate of drug-likeness (QED) is 0.773. The van der Waals surface area contributed by atoms with Crippen molar-refractivity contribution >= 4 is 11.1 Å². The molecule has 15 heavy (non-hydrogen) atoms. The Hall–Kier alpha value is -1.39. The van der Waals surface area contributed by atoms with E-state index in [1.165, 1.54) is 0 Å². The lowest BCUT2D eigenvalue weighted by Crippen LogP contribution is -2.18. The van der Waals surface area contributed by atoms with Gasteiger partial charge in [-0.1, -0.05) is 6.07 Å². The molecule has 0 aliphatic rings. The average Bonchev–Trinajstić information content (AvgIpc) is 2.57. The van der Waals surface area contributed by atoms with Gasteiger partial charge in [-0.15, -0.1) is 0 Å². The monoisotopic (exact) mass is 206 g/mol. The third-order valence-corrected chi connectivity index (χ3v) is 2.25. The second kappa shape index (κ2) is 4.00. The second-order valence-electron chi connectivity index (χ2n) is 3.69. The van der Waals surface area contributed by atoms with Gasteiger partial charge in [0.1, 0.15) is 5.52 Å². The summed E-state index contributed by atoms with van der Waals surface area (Å²) in [6.07, 6.45) is 0. The van der Waals surface area contributed by atoms with Crippen molar-refractivity contribution in [2.45, 2.75) is 13.5 Å². The van der Waals surface area contributed by atoms with E-state index in [0.29, 0.717) is 12.4 Å². The fourth-order valence-corrected chi connectivity index (χ4v) is 1.55. The smallest absolute Gasteiger partial charge is 0.192 e. The minimum absolute atomic E-state index is 0.0515. The molecule has 0 saturated carbocycles. The van der Waals surface area contributed by atoms with E-state index in [2.05, 4.69) is 4.98 Å². The molecular formula is C11H14N2O2. The average molecular weight is 206 g/mol. The van der Waals surface area contributed by atoms with Crippen LogP contribution in [0, 0.1) is 6.92 Å². The highest BCUT2D eigenvalue weighted by molar-refractivity contribution is 5.73. The van der Waals surface area contributed by atoms with Gasteiger partial charge in [0.2, 0.25) is 0 Å². The third kappa shape index (κ3) is 2.16. The largest absolute Gasteiger partial charge is 0.441 e. The van der Waals surface area contributed by atoms with Crippen molar-refractivity contribution in [3.8, 4) is 0 Å². The van der Waals surface area contributed by atoms with E-state index >= 15 is 0 Å². The van der Waals surface area contributed by atoms with E-state index in [1.807, 2.05) is 37.1 Å². The first-order valence-corrected chi connectivity index (χ1v) is 4.84. The molecule has 0 spiro atoms. The second-order valence-corrected chi connectivity index (χ2v) is 3.69. The Bertz CT molecular complexity index is 465. The maximum absolute atomic E-state index is 8.91. The molecule has 2 rings (SSSR count). The van der Waals surface area contributed by atoms with Crippen molar-refractivity contribution in [2.24, 2.45) is 0 Å². The van der Waals surface area contributed by atoms with Gasteiger partial charge in [-0.05, 0) is 24.7 Å². The minimum atomic E-state index is 0.0515. The number of aromatic nitrogens is 1. The first-order chi connectivity index (χ1) is 7.19. The molecule has 1 aromatic heterocycles. The molecule has 2 aromatic rings. The summed E-state index contributed by atoms with van der Waals surface area (Å²) in [5, 5.41) is 8.91. The van der Waals surface area contributed by atoms with E-state index in [1.54, 1.807) is 0 Å². The maximum atomic E-state index is 8.91. The Morgan fingerprint density at radius 1 is 1.47 bits per heavy atom. The van der Waals surface area contributed by atoms with Crippen LogP contribution in [0.15, 0.2) is 22.6 Å². The fourth-order valence-electron chi connectivity index (χ4n) is 1.55. The normalized spacial score (nSPS) is 11.5. The van der Waals surface area contributed by atoms with Crippen LogP contribution in [0.3, 0.4) is 0 Å². The molecule has 0 radical (unpaired) electrons. The van der Waals surface area contributed by atoms with Crippen LogP contribution >= 0.6 is 0 Å². The van der Waals surface area contributed by atoms with E-state index in [9.17, 15) is 0 Å². The van der Waals surface area contributed by atoms with Crippen LogP contribution in [-0.4, -0.2) is 28.8 Å². The molecule has 4 nitrogen and oxygen atoms in total. The zero-order valence-corrected chi connectivity index (χ0v) is 8.90. The molecule has 0 aliphatic heterocycles. The predicted octanol–water partition coefficient (Wildman–Crippen LogP) is 1.52. The van der Waals surface area contributed by atoms with Gasteiger partial charge in [0, 0.05) is 13.5 Å². The number of fused-ring (bicyclic) bond motifs is 1. The van der Waals surface area contributed by atoms with Gasteiger partial charge in [-0.3, -0.25) is 4.90 Å². The number of rotatable bonds is 3. The first kappa shape index (κ1) is 10.1. The van der Waals surface area contributed by atoms with Gasteiger partial charge in [0.15, 0.2) is 11.5 Å². The summed E-state index contributed by atoms with van der Waals surface area (Å²) in [5.41, 5.74) is 2.80. The van der Waals surface area contributed by atoms with E-state index in [0.717, 1.165) is 16.7 Å². The zero-order valence-electron chi connectivity index (χ0n) is 8.90. The predicted molar refractivity (Wildman–Crippen MR) is 57.3 cm³/mol. The zero-order chi connectivity index (χ0) is 10.8. The van der Waals surface area contributed by atoms with Crippen LogP contribution in [0.25, 0.3) is 11.1 Å². The van der Waals surface area contributed by atoms with Crippen LogP contribution in [0.5, 0.6) is 0 Å². The molecule has 0 unspecified atom stereocenters. The standard InChI is InChI=1S/C11H14N2O2/c1-8-12-10-5-9(6-13(2)7-14)3-4-11(10)15-8/h3-5,14H,6-7H2,1-2H3. The molecule has 1 aromatic carbocycles. The number of aliphatic hydroxyl groups is 1. The van der Waals surface area contributed by atoms with Crippen LogP contribution in [0.4, 0.5) is 0 Å². The lowest BCUT2D eigenvalue weighted by Gasteiger charge is -2.12. The van der Waals surface area contributed by atoms with Crippen LogP contribution in [0.2, 0.25) is 0 Å². The first-order valence-electron chi connectivity index (χ1n) is 4.84. The highest BCUT2D eigenvalue weighted by Crippen LogP contribution is 2.17. The van der Waals surface area contributed by atoms with Gasteiger partial charge in [-0.25, -0.2) is 4.98 Å².